The zero-order valence-electron chi connectivity index (χ0n) is 83.2. The van der Waals surface area contributed by atoms with E-state index in [0.717, 1.165) is 5.56 Å². The molecule has 9 N–H and O–H groups in total. The summed E-state index contributed by atoms with van der Waals surface area (Å²) in [4.78, 5) is 215. The monoisotopic (exact) mass is 2030 g/mol. The molecule has 7 aromatic carbocycles. The molecule has 770 valence electrons. The van der Waals surface area contributed by atoms with E-state index in [1.54, 1.807) is 224 Å². The maximum absolute atomic E-state index is 12.9. The lowest BCUT2D eigenvalue weighted by atomic mass is 9.91. The van der Waals surface area contributed by atoms with E-state index in [1.165, 1.54) is 54.1 Å². The number of aromatic carboxylic acids is 2. The first-order valence-electron chi connectivity index (χ1n) is 44.7. The summed E-state index contributed by atoms with van der Waals surface area (Å²) in [5.41, 5.74) is 3.99. The van der Waals surface area contributed by atoms with Gasteiger partial charge in [0, 0.05) is 68.5 Å². The van der Waals surface area contributed by atoms with Crippen molar-refractivity contribution < 1.29 is 130 Å². The summed E-state index contributed by atoms with van der Waals surface area (Å²) in [7, 11) is 4.86. The number of halogens is 3. The van der Waals surface area contributed by atoms with Gasteiger partial charge in [0.2, 0.25) is 35.4 Å². The average molecular weight is 2040 g/mol. The normalized spacial score (nSPS) is 12.1. The maximum atomic E-state index is 12.9. The lowest BCUT2D eigenvalue weighted by Gasteiger charge is -2.25. The Bertz CT molecular complexity index is 5280. The predicted octanol–water partition coefficient (Wildman–Crippen LogP) is 16.3. The fraction of sp³-hybridized carbons (Fsp3) is 0.416. The third-order valence-corrected chi connectivity index (χ3v) is 20.4. The highest BCUT2D eigenvalue weighted by Crippen LogP contribution is 2.27. The molecule has 0 aromatic heterocycles. The van der Waals surface area contributed by atoms with Gasteiger partial charge in [-0.15, -0.1) is 0 Å². The standard InChI is InChI=1S/C31H40ClN3O7.C31H41N3O8.C28H35N3O9.C9H11NO2.C2Cl2O2/c1-19(2)25(16-26(36)42-31(4,5)6)29(39)33-20(3)28(38)34-23-14-12-21(13-15-23)18-41-30(40)35(7)17-22-10-8-9-11-24(22)27(32)37;1-19(2)25(16-26(35)42-31(4,5)6)28(37)32-20(3)27(36)33-23-14-12-21(13-15-23)18-41-30(40)34(7)17-22-10-8-9-11-24(22)29(38)39;1-17(2)23(15-24(32)40-28(4,5)6)26(34)29-18(3)25(33)30-20-9-7-19(8-10-20)16-38-27(35)39-22-13-11-21(12-14-22)31(36)37;1-10-6-7-4-2-3-5-8(7)9(11)12;3-1(5)2(4)6/h8-15,19-20,25H,16-18H2,1-7H3,(H,33,39)(H,34,38);8-15,19-20,25H,16-18H2,1-7H3,(H,32,37)(H,33,36)(H,38,39);7-14,17-18,23H,15-16H2,1-6H3,(H,29,34)(H,30,33);2-5,10H,6H2,1H3,(H,11,12);/t2*20-,25-;18-,23-;;/m000../s1. The summed E-state index contributed by atoms with van der Waals surface area (Å²) in [6, 6.07) is 42.3. The van der Waals surface area contributed by atoms with Crippen LogP contribution in [0.25, 0.3) is 0 Å². The molecule has 0 fully saturated rings. The molecule has 0 unspecified atom stereocenters. The van der Waals surface area contributed by atoms with Gasteiger partial charge in [0.1, 0.15) is 60.5 Å². The van der Waals surface area contributed by atoms with E-state index in [-0.39, 0.29) is 86.9 Å². The molecule has 0 saturated carbocycles. The second-order valence-electron chi connectivity index (χ2n) is 36.3. The minimum atomic E-state index is -1.14. The summed E-state index contributed by atoms with van der Waals surface area (Å²) < 4.78 is 36.7. The third kappa shape index (κ3) is 47.1. The molecule has 8 amide bonds. The number of hydrogen-bond acceptors (Lipinski definition) is 27. The Kier molecular flexibility index (Phi) is 51.0. The van der Waals surface area contributed by atoms with E-state index in [1.807, 2.05) is 47.6 Å². The molecule has 142 heavy (non-hydrogen) atoms. The molecule has 0 spiro atoms. The highest BCUT2D eigenvalue weighted by molar-refractivity contribution is 6.97. The van der Waals surface area contributed by atoms with Crippen LogP contribution in [0.3, 0.4) is 0 Å². The molecular formula is C101H127Cl3N10O28. The third-order valence-electron chi connectivity index (χ3n) is 19.8. The molecule has 0 radical (unpaired) electrons. The molecule has 0 saturated heterocycles. The number of nitrogens with one attached hydrogen (secondary N) is 7. The number of carboxylic acid groups (broad SMARTS) is 2. The topological polar surface area (TPSA) is 529 Å². The van der Waals surface area contributed by atoms with Crippen molar-refractivity contribution >= 4 is 157 Å². The number of carboxylic acids is 2. The molecule has 0 aliphatic carbocycles. The summed E-state index contributed by atoms with van der Waals surface area (Å²) in [6.07, 6.45) is -2.46. The average Bonchev–Trinajstić information content (AvgIpc) is 0.857. The highest BCUT2D eigenvalue weighted by Gasteiger charge is 2.34. The number of nitro groups is 1. The van der Waals surface area contributed by atoms with Crippen LogP contribution in [0.1, 0.15) is 208 Å². The van der Waals surface area contributed by atoms with Crippen molar-refractivity contribution in [2.75, 3.05) is 37.1 Å². The van der Waals surface area contributed by atoms with Crippen LogP contribution in [0.4, 0.5) is 37.1 Å². The number of ether oxygens (including phenoxy) is 7. The van der Waals surface area contributed by atoms with Gasteiger partial charge in [-0.2, -0.15) is 0 Å². The van der Waals surface area contributed by atoms with Gasteiger partial charge >= 0.3 is 58.7 Å². The van der Waals surface area contributed by atoms with Crippen LogP contribution in [0, 0.1) is 45.6 Å². The van der Waals surface area contributed by atoms with Crippen molar-refractivity contribution in [3.05, 3.63) is 230 Å². The fourth-order valence-corrected chi connectivity index (χ4v) is 12.6. The molecule has 0 aliphatic rings. The number of hydrogen-bond donors (Lipinski definition) is 9. The first kappa shape index (κ1) is 122. The summed E-state index contributed by atoms with van der Waals surface area (Å²) in [6.45, 7) is 32.1. The van der Waals surface area contributed by atoms with Gasteiger partial charge in [-0.1, -0.05) is 133 Å². The number of carbonyl (C=O) groups is 17. The Hall–Kier alpha value is -14.2. The van der Waals surface area contributed by atoms with Crippen molar-refractivity contribution in [1.29, 1.82) is 0 Å². The number of non-ortho nitro benzene ring substituents is 1. The summed E-state index contributed by atoms with van der Waals surface area (Å²) in [5, 5.41) is 45.0. The Balaban J connectivity index is 0.000000501. The van der Waals surface area contributed by atoms with Crippen molar-refractivity contribution in [3.63, 3.8) is 0 Å². The predicted molar refractivity (Wildman–Crippen MR) is 530 cm³/mol. The van der Waals surface area contributed by atoms with E-state index < -0.39 is 157 Å². The molecule has 41 heteroatoms. The molecule has 0 bridgehead atoms. The molecule has 7 rings (SSSR count). The lowest BCUT2D eigenvalue weighted by molar-refractivity contribution is -0.384. The van der Waals surface area contributed by atoms with Crippen molar-refractivity contribution in [2.24, 2.45) is 35.5 Å². The van der Waals surface area contributed by atoms with Gasteiger partial charge < -0.3 is 90.4 Å². The Morgan fingerprint density at radius 3 is 0.944 bits per heavy atom. The number of nitro benzene ring substituents is 1. The number of amides is 8. The largest absolute Gasteiger partial charge is 0.514 e. The zero-order valence-corrected chi connectivity index (χ0v) is 85.5. The van der Waals surface area contributed by atoms with Crippen LogP contribution >= 0.6 is 34.8 Å². The van der Waals surface area contributed by atoms with Crippen LogP contribution in [-0.2, 0) is 121 Å². The van der Waals surface area contributed by atoms with Crippen LogP contribution in [0.5, 0.6) is 5.75 Å². The van der Waals surface area contributed by atoms with Crippen LogP contribution in [-0.4, -0.2) is 180 Å². The van der Waals surface area contributed by atoms with Crippen molar-refractivity contribution in [2.45, 2.75) is 218 Å². The molecule has 7 aromatic rings. The van der Waals surface area contributed by atoms with E-state index in [4.69, 9.17) is 49.9 Å². The SMILES string of the molecule is CC(C)[C@H](CC(=O)OC(C)(C)C)C(=O)N[C@@H](C)C(=O)Nc1ccc(COC(=O)N(C)Cc2ccccc2C(=O)Cl)cc1.CC(C)[C@H](CC(=O)OC(C)(C)C)C(=O)N[C@@H](C)C(=O)Nc1ccc(COC(=O)N(C)Cc2ccccc2C(=O)O)cc1.CC(C)[C@H](CC(=O)OC(C)(C)C)C(=O)N[C@@H](C)C(=O)Nc1ccc(COC(=O)Oc2ccc([N+](=O)[O-])cc2)cc1.CNCc1ccccc1C(=O)O.O=C(Cl)C(=O)Cl. The molecule has 6 atom stereocenters. The molecule has 0 heterocycles. The number of rotatable bonds is 39. The second-order valence-corrected chi connectivity index (χ2v) is 37.3. The van der Waals surface area contributed by atoms with Gasteiger partial charge in [0.15, 0.2) is 0 Å². The first-order chi connectivity index (χ1) is 66.2. The van der Waals surface area contributed by atoms with Crippen LogP contribution < -0.4 is 42.0 Å². The number of anilines is 3. The van der Waals surface area contributed by atoms with Gasteiger partial charge in [-0.3, -0.25) is 67.6 Å². The first-order valence-corrected chi connectivity index (χ1v) is 45.9. The van der Waals surface area contributed by atoms with Crippen molar-refractivity contribution in [3.8, 4) is 5.75 Å². The van der Waals surface area contributed by atoms with E-state index in [0.29, 0.717) is 62.6 Å². The number of nitrogens with zero attached hydrogens (tertiary/aromatic N) is 3. The lowest BCUT2D eigenvalue weighted by Crippen LogP contribution is -2.45. The summed E-state index contributed by atoms with van der Waals surface area (Å²) in [5.74, 6) is -8.23. The number of carbonyl (C=O) groups excluding carboxylic acids is 15. The molecule has 0 aliphatic heterocycles. The minimum Gasteiger partial charge on any atom is -0.478 e. The van der Waals surface area contributed by atoms with Gasteiger partial charge in [-0.25, -0.2) is 24.0 Å². The fourth-order valence-electron chi connectivity index (χ4n) is 12.4. The Labute approximate surface area is 839 Å². The number of benzene rings is 7. The van der Waals surface area contributed by atoms with Crippen LogP contribution in [0.15, 0.2) is 170 Å². The van der Waals surface area contributed by atoms with Crippen molar-refractivity contribution in [1.82, 2.24) is 31.1 Å². The quantitative estimate of drug-likeness (QED) is 0.00329. The maximum Gasteiger partial charge on any atom is 0.514 e. The molecule has 38 nitrogen and oxygen atoms in total. The van der Waals surface area contributed by atoms with Crippen LogP contribution in [0.2, 0.25) is 0 Å². The van der Waals surface area contributed by atoms with E-state index in [9.17, 15) is 96.7 Å². The zero-order chi connectivity index (χ0) is 107. The van der Waals surface area contributed by atoms with E-state index in [2.05, 4.69) is 60.4 Å². The van der Waals surface area contributed by atoms with Gasteiger partial charge in [0.05, 0.1) is 53.1 Å². The second kappa shape index (κ2) is 59.4. The number of esters is 3. The Morgan fingerprint density at radius 2 is 0.669 bits per heavy atom. The highest BCUT2D eigenvalue weighted by atomic mass is 35.5. The van der Waals surface area contributed by atoms with Gasteiger partial charge in [-0.05, 0) is 243 Å². The van der Waals surface area contributed by atoms with Gasteiger partial charge in [0.25, 0.3) is 10.9 Å². The molecular weight excluding hydrogens is 1910 g/mol. The smallest absolute Gasteiger partial charge is 0.478 e. The minimum absolute atomic E-state index is 0.00577. The van der Waals surface area contributed by atoms with E-state index >= 15 is 0 Å². The summed E-state index contributed by atoms with van der Waals surface area (Å²) >= 11 is 14.6. The Morgan fingerprint density at radius 1 is 0.387 bits per heavy atom.